The van der Waals surface area contributed by atoms with Gasteiger partial charge in [-0.3, -0.25) is 9.20 Å². The Balaban J connectivity index is 1.31. The van der Waals surface area contributed by atoms with Crippen LogP contribution in [-0.4, -0.2) is 29.8 Å². The summed E-state index contributed by atoms with van der Waals surface area (Å²) in [6, 6.07) is 18.3. The Kier molecular flexibility index (Phi) is 4.64. The van der Waals surface area contributed by atoms with Crippen LogP contribution in [0.3, 0.4) is 0 Å². The summed E-state index contributed by atoms with van der Waals surface area (Å²) in [4.78, 5) is 25.6. The maximum absolute atomic E-state index is 12.8. The monoisotopic (exact) mass is 410 g/mol. The first kappa shape index (κ1) is 18.6. The highest BCUT2D eigenvalue weighted by atomic mass is 16.5. The smallest absolute Gasteiger partial charge is 0.274 e. The lowest BCUT2D eigenvalue weighted by Crippen LogP contribution is -2.15. The summed E-state index contributed by atoms with van der Waals surface area (Å²) >= 11 is 0. The molecule has 0 unspecified atom stereocenters. The molecule has 8 heteroatoms. The standard InChI is InChI=1S/C23H18N6O2/c1-16-22(29-13-3-2-6-19(29)26-16)23(30)27-17-7-9-18(10-8-17)31-21-14-20(24-15-25-21)28-11-4-5-12-28/h2-15H,1H3,(H,27,30). The number of carbonyl (C=O) groups excluding carboxylic acids is 1. The lowest BCUT2D eigenvalue weighted by molar-refractivity contribution is 0.102. The summed E-state index contributed by atoms with van der Waals surface area (Å²) in [7, 11) is 0. The third-order valence-corrected chi connectivity index (χ3v) is 4.75. The van der Waals surface area contributed by atoms with E-state index < -0.39 is 0 Å². The lowest BCUT2D eigenvalue weighted by atomic mass is 10.2. The van der Waals surface area contributed by atoms with Gasteiger partial charge in [0.25, 0.3) is 5.91 Å². The summed E-state index contributed by atoms with van der Waals surface area (Å²) in [5.41, 5.74) is 2.57. The number of nitrogens with one attached hydrogen (secondary N) is 1. The van der Waals surface area contributed by atoms with Crippen molar-refractivity contribution in [3.8, 4) is 17.4 Å². The highest BCUT2D eigenvalue weighted by Gasteiger charge is 2.16. The molecular formula is C23H18N6O2. The quantitative estimate of drug-likeness (QED) is 0.468. The van der Waals surface area contributed by atoms with E-state index in [1.165, 1.54) is 6.33 Å². The number of amides is 1. The summed E-state index contributed by atoms with van der Waals surface area (Å²) in [6.45, 7) is 1.82. The SMILES string of the molecule is Cc1nc2ccccn2c1C(=O)Nc1ccc(Oc2cc(-n3cccc3)ncn2)cc1. The zero-order valence-electron chi connectivity index (χ0n) is 16.6. The Morgan fingerprint density at radius 3 is 2.55 bits per heavy atom. The largest absolute Gasteiger partial charge is 0.439 e. The molecule has 4 heterocycles. The molecular weight excluding hydrogens is 392 g/mol. The van der Waals surface area contributed by atoms with Gasteiger partial charge in [-0.05, 0) is 55.5 Å². The van der Waals surface area contributed by atoms with Crippen molar-refractivity contribution in [1.29, 1.82) is 0 Å². The lowest BCUT2D eigenvalue weighted by Gasteiger charge is -2.09. The van der Waals surface area contributed by atoms with E-state index in [0.29, 0.717) is 34.5 Å². The van der Waals surface area contributed by atoms with E-state index in [-0.39, 0.29) is 5.91 Å². The van der Waals surface area contributed by atoms with Gasteiger partial charge in [0.05, 0.1) is 5.69 Å². The molecule has 0 saturated carbocycles. The second kappa shape index (κ2) is 7.75. The van der Waals surface area contributed by atoms with Crippen LogP contribution in [-0.2, 0) is 0 Å². The number of pyridine rings is 1. The van der Waals surface area contributed by atoms with Crippen molar-refractivity contribution in [3.05, 3.63) is 97.0 Å². The molecule has 1 N–H and O–H groups in total. The first-order valence-electron chi connectivity index (χ1n) is 9.66. The molecule has 1 amide bonds. The molecule has 0 bridgehead atoms. The Labute approximate surface area is 177 Å². The summed E-state index contributed by atoms with van der Waals surface area (Å²) in [6.07, 6.45) is 7.08. The number of benzene rings is 1. The summed E-state index contributed by atoms with van der Waals surface area (Å²) in [5.74, 6) is 1.51. The van der Waals surface area contributed by atoms with Crippen LogP contribution < -0.4 is 10.1 Å². The molecule has 0 aliphatic heterocycles. The van der Waals surface area contributed by atoms with Crippen molar-refractivity contribution in [2.45, 2.75) is 6.92 Å². The number of imidazole rings is 1. The maximum atomic E-state index is 12.8. The molecule has 5 aromatic rings. The number of fused-ring (bicyclic) bond motifs is 1. The van der Waals surface area contributed by atoms with Gasteiger partial charge < -0.3 is 14.6 Å². The molecule has 5 rings (SSSR count). The second-order valence-electron chi connectivity index (χ2n) is 6.86. The molecule has 0 radical (unpaired) electrons. The van der Waals surface area contributed by atoms with E-state index in [2.05, 4.69) is 20.3 Å². The van der Waals surface area contributed by atoms with E-state index in [9.17, 15) is 4.79 Å². The van der Waals surface area contributed by atoms with Gasteiger partial charge in [0.15, 0.2) is 0 Å². The Hall–Kier alpha value is -4.46. The van der Waals surface area contributed by atoms with Crippen LogP contribution in [0.1, 0.15) is 16.2 Å². The van der Waals surface area contributed by atoms with E-state index >= 15 is 0 Å². The van der Waals surface area contributed by atoms with Crippen molar-refractivity contribution in [2.75, 3.05) is 5.32 Å². The Bertz CT molecular complexity index is 1360. The fourth-order valence-corrected chi connectivity index (χ4v) is 3.32. The minimum atomic E-state index is -0.225. The van der Waals surface area contributed by atoms with Gasteiger partial charge in [0.1, 0.15) is 29.2 Å². The molecule has 0 aliphatic rings. The number of hydrogen-bond donors (Lipinski definition) is 1. The van der Waals surface area contributed by atoms with E-state index in [1.807, 2.05) is 60.4 Å². The van der Waals surface area contributed by atoms with Gasteiger partial charge in [0.2, 0.25) is 5.88 Å². The number of hydrogen-bond acceptors (Lipinski definition) is 5. The van der Waals surface area contributed by atoms with Gasteiger partial charge in [-0.15, -0.1) is 0 Å². The van der Waals surface area contributed by atoms with Gasteiger partial charge in [-0.2, -0.15) is 0 Å². The molecule has 0 spiro atoms. The van der Waals surface area contributed by atoms with Crippen molar-refractivity contribution in [3.63, 3.8) is 0 Å². The first-order chi connectivity index (χ1) is 15.2. The number of rotatable bonds is 5. The molecule has 0 aliphatic carbocycles. The highest BCUT2D eigenvalue weighted by Crippen LogP contribution is 2.23. The molecule has 0 atom stereocenters. The van der Waals surface area contributed by atoms with Crippen LogP contribution in [0.25, 0.3) is 11.5 Å². The molecule has 0 saturated heterocycles. The van der Waals surface area contributed by atoms with E-state index in [0.717, 1.165) is 5.65 Å². The van der Waals surface area contributed by atoms with Gasteiger partial charge >= 0.3 is 0 Å². The van der Waals surface area contributed by atoms with Crippen LogP contribution in [0.4, 0.5) is 5.69 Å². The predicted octanol–water partition coefficient (Wildman–Crippen LogP) is 4.27. The first-order valence-corrected chi connectivity index (χ1v) is 9.66. The van der Waals surface area contributed by atoms with E-state index in [1.54, 1.807) is 34.7 Å². The minimum absolute atomic E-state index is 0.225. The van der Waals surface area contributed by atoms with Crippen LogP contribution >= 0.6 is 0 Å². The van der Waals surface area contributed by atoms with Crippen molar-refractivity contribution >= 4 is 17.2 Å². The van der Waals surface area contributed by atoms with Crippen molar-refractivity contribution < 1.29 is 9.53 Å². The maximum Gasteiger partial charge on any atom is 0.274 e. The van der Waals surface area contributed by atoms with Gasteiger partial charge in [-0.25, -0.2) is 15.0 Å². The van der Waals surface area contributed by atoms with Crippen molar-refractivity contribution in [1.82, 2.24) is 23.9 Å². The van der Waals surface area contributed by atoms with Crippen LogP contribution in [0, 0.1) is 6.92 Å². The summed E-state index contributed by atoms with van der Waals surface area (Å²) < 4.78 is 9.48. The molecule has 8 nitrogen and oxygen atoms in total. The van der Waals surface area contributed by atoms with Crippen LogP contribution in [0.2, 0.25) is 0 Å². The van der Waals surface area contributed by atoms with Crippen LogP contribution in [0.5, 0.6) is 11.6 Å². The number of ether oxygens (including phenoxy) is 1. The number of aromatic nitrogens is 5. The fourth-order valence-electron chi connectivity index (χ4n) is 3.32. The Morgan fingerprint density at radius 2 is 1.74 bits per heavy atom. The Morgan fingerprint density at radius 1 is 0.968 bits per heavy atom. The molecule has 31 heavy (non-hydrogen) atoms. The minimum Gasteiger partial charge on any atom is -0.439 e. The zero-order valence-corrected chi connectivity index (χ0v) is 16.6. The summed E-state index contributed by atoms with van der Waals surface area (Å²) in [5, 5.41) is 2.91. The molecule has 4 aromatic heterocycles. The molecule has 0 fully saturated rings. The topological polar surface area (TPSA) is 86.3 Å². The van der Waals surface area contributed by atoms with Crippen molar-refractivity contribution in [2.24, 2.45) is 0 Å². The fraction of sp³-hybridized carbons (Fsp3) is 0.0435. The number of aryl methyl sites for hydroxylation is 1. The average Bonchev–Trinajstić information content (AvgIpc) is 3.42. The average molecular weight is 410 g/mol. The number of nitrogens with zero attached hydrogens (tertiary/aromatic N) is 5. The third kappa shape index (κ3) is 3.74. The number of carbonyl (C=O) groups is 1. The molecule has 1 aromatic carbocycles. The zero-order chi connectivity index (χ0) is 21.2. The van der Waals surface area contributed by atoms with Crippen LogP contribution in [0.15, 0.2) is 85.6 Å². The number of anilines is 1. The highest BCUT2D eigenvalue weighted by molar-refractivity contribution is 6.04. The third-order valence-electron chi connectivity index (χ3n) is 4.75. The normalized spacial score (nSPS) is 10.9. The molecule has 152 valence electrons. The second-order valence-corrected chi connectivity index (χ2v) is 6.86. The van der Waals surface area contributed by atoms with Gasteiger partial charge in [0, 0.05) is 30.3 Å². The van der Waals surface area contributed by atoms with Gasteiger partial charge in [-0.1, -0.05) is 6.07 Å². The van der Waals surface area contributed by atoms with E-state index in [4.69, 9.17) is 4.74 Å². The predicted molar refractivity (Wildman–Crippen MR) is 116 cm³/mol.